The Morgan fingerprint density at radius 1 is 1.08 bits per heavy atom. The van der Waals surface area contributed by atoms with Crippen LogP contribution in [0.2, 0.25) is 5.02 Å². The fraction of sp³-hybridized carbons (Fsp3) is 0.222. The molecule has 2 atom stereocenters. The summed E-state index contributed by atoms with van der Waals surface area (Å²) in [6, 6.07) is 13.1. The monoisotopic (exact) mass is 346 g/mol. The molecule has 0 spiro atoms. The minimum atomic E-state index is -0.365. The molecule has 4 nitrogen and oxygen atoms in total. The van der Waals surface area contributed by atoms with E-state index in [4.69, 9.17) is 11.6 Å². The quantitative estimate of drug-likeness (QED) is 0.872. The third kappa shape index (κ3) is 3.92. The number of halogens is 2. The number of carbonyl (C=O) groups excluding carboxylic acids is 2. The van der Waals surface area contributed by atoms with Gasteiger partial charge in [-0.1, -0.05) is 35.9 Å². The van der Waals surface area contributed by atoms with E-state index in [1.54, 1.807) is 42.5 Å². The highest BCUT2D eigenvalue weighted by molar-refractivity contribution is 6.30. The van der Waals surface area contributed by atoms with Crippen molar-refractivity contribution in [3.63, 3.8) is 0 Å². The van der Waals surface area contributed by atoms with Gasteiger partial charge in [0.05, 0.1) is 11.8 Å². The first kappa shape index (κ1) is 16.5. The summed E-state index contributed by atoms with van der Waals surface area (Å²) < 4.78 is 13.5. The van der Waals surface area contributed by atoms with Crippen LogP contribution in [0, 0.1) is 17.7 Å². The zero-order chi connectivity index (χ0) is 17.1. The second kappa shape index (κ2) is 7.01. The number of rotatable bonds is 5. The molecular formula is C18H16ClFN2O2. The number of benzene rings is 2. The molecule has 1 saturated carbocycles. The second-order valence-corrected chi connectivity index (χ2v) is 6.19. The normalized spacial score (nSPS) is 18.8. The summed E-state index contributed by atoms with van der Waals surface area (Å²) in [5.74, 6) is -1.52. The lowest BCUT2D eigenvalue weighted by molar-refractivity contribution is -0.125. The maximum Gasteiger partial charge on any atom is 0.228 e. The lowest BCUT2D eigenvalue weighted by atomic mass is 10.2. The van der Waals surface area contributed by atoms with Crippen LogP contribution in [0.5, 0.6) is 0 Å². The predicted octanol–water partition coefficient (Wildman–Crippen LogP) is 3.37. The first-order valence-electron chi connectivity index (χ1n) is 7.62. The van der Waals surface area contributed by atoms with Gasteiger partial charge < -0.3 is 10.6 Å². The molecule has 2 aromatic carbocycles. The molecule has 1 aliphatic carbocycles. The molecule has 1 fully saturated rings. The molecule has 0 aliphatic heterocycles. The molecule has 2 N–H and O–H groups in total. The molecule has 6 heteroatoms. The Morgan fingerprint density at radius 3 is 2.58 bits per heavy atom. The van der Waals surface area contributed by atoms with Gasteiger partial charge in [-0.15, -0.1) is 0 Å². The van der Waals surface area contributed by atoms with Crippen LogP contribution >= 0.6 is 11.6 Å². The van der Waals surface area contributed by atoms with E-state index in [2.05, 4.69) is 10.6 Å². The highest BCUT2D eigenvalue weighted by atomic mass is 35.5. The van der Waals surface area contributed by atoms with Gasteiger partial charge in [-0.2, -0.15) is 0 Å². The van der Waals surface area contributed by atoms with Crippen molar-refractivity contribution < 1.29 is 14.0 Å². The van der Waals surface area contributed by atoms with Gasteiger partial charge in [0, 0.05) is 22.8 Å². The minimum Gasteiger partial charge on any atom is -0.352 e. The zero-order valence-corrected chi connectivity index (χ0v) is 13.5. The van der Waals surface area contributed by atoms with Crippen LogP contribution in [0.3, 0.4) is 0 Å². The largest absolute Gasteiger partial charge is 0.352 e. The van der Waals surface area contributed by atoms with Crippen LogP contribution in [0.25, 0.3) is 0 Å². The van der Waals surface area contributed by atoms with Gasteiger partial charge in [-0.05, 0) is 30.7 Å². The van der Waals surface area contributed by atoms with Crippen LogP contribution in [-0.4, -0.2) is 11.8 Å². The molecule has 0 heterocycles. The molecule has 0 saturated heterocycles. The van der Waals surface area contributed by atoms with Crippen LogP contribution in [-0.2, 0) is 16.1 Å². The van der Waals surface area contributed by atoms with Gasteiger partial charge in [0.2, 0.25) is 11.8 Å². The highest BCUT2D eigenvalue weighted by Crippen LogP contribution is 2.39. The Hall–Kier alpha value is -2.40. The Morgan fingerprint density at radius 2 is 1.83 bits per heavy atom. The van der Waals surface area contributed by atoms with Crippen molar-refractivity contribution in [1.82, 2.24) is 5.32 Å². The van der Waals surface area contributed by atoms with E-state index >= 15 is 0 Å². The Labute approximate surface area is 144 Å². The van der Waals surface area contributed by atoms with Crippen LogP contribution < -0.4 is 10.6 Å². The Bertz CT molecular complexity index is 781. The fourth-order valence-electron chi connectivity index (χ4n) is 2.53. The van der Waals surface area contributed by atoms with Gasteiger partial charge >= 0.3 is 0 Å². The third-order valence-electron chi connectivity index (χ3n) is 3.97. The maximum atomic E-state index is 13.5. The summed E-state index contributed by atoms with van der Waals surface area (Å²) >= 11 is 5.87. The lowest BCUT2D eigenvalue weighted by Gasteiger charge is -2.07. The third-order valence-corrected chi connectivity index (χ3v) is 4.20. The van der Waals surface area contributed by atoms with E-state index in [1.165, 1.54) is 6.07 Å². The van der Waals surface area contributed by atoms with E-state index in [0.29, 0.717) is 22.7 Å². The number of carbonyl (C=O) groups is 2. The van der Waals surface area contributed by atoms with E-state index < -0.39 is 0 Å². The average molecular weight is 347 g/mol. The predicted molar refractivity (Wildman–Crippen MR) is 89.9 cm³/mol. The number of nitrogens with one attached hydrogen (secondary N) is 2. The van der Waals surface area contributed by atoms with E-state index in [0.717, 1.165) is 0 Å². The van der Waals surface area contributed by atoms with Crippen LogP contribution in [0.15, 0.2) is 48.5 Å². The molecule has 24 heavy (non-hydrogen) atoms. The standard InChI is InChI=1S/C18H16ClFN2O2/c19-12-5-3-6-13(8-12)22-18(24)15-9-14(15)17(23)21-10-11-4-1-2-7-16(11)20/h1-8,14-15H,9-10H2,(H,21,23)(H,22,24). The average Bonchev–Trinajstić information content (AvgIpc) is 3.35. The second-order valence-electron chi connectivity index (χ2n) is 5.76. The smallest absolute Gasteiger partial charge is 0.228 e. The van der Waals surface area contributed by atoms with Gasteiger partial charge in [0.25, 0.3) is 0 Å². The molecule has 0 bridgehead atoms. The number of hydrogen-bond donors (Lipinski definition) is 2. The van der Waals surface area contributed by atoms with Gasteiger partial charge in [0.1, 0.15) is 5.82 Å². The van der Waals surface area contributed by atoms with Gasteiger partial charge in [-0.3, -0.25) is 9.59 Å². The molecule has 0 radical (unpaired) electrons. The Balaban J connectivity index is 1.50. The molecule has 2 aromatic rings. The molecule has 3 rings (SSSR count). The number of anilines is 1. The molecule has 1 aliphatic rings. The SMILES string of the molecule is O=C(NCc1ccccc1F)C1CC1C(=O)Nc1cccc(Cl)c1. The lowest BCUT2D eigenvalue weighted by Crippen LogP contribution is -2.27. The van der Waals surface area contributed by atoms with E-state index in [-0.39, 0.29) is 36.0 Å². The van der Waals surface area contributed by atoms with Crippen molar-refractivity contribution in [3.05, 3.63) is 64.9 Å². The van der Waals surface area contributed by atoms with E-state index in [1.807, 2.05) is 0 Å². The van der Waals surface area contributed by atoms with Crippen molar-refractivity contribution in [3.8, 4) is 0 Å². The Kier molecular flexibility index (Phi) is 4.81. The molecule has 124 valence electrons. The fourth-order valence-corrected chi connectivity index (χ4v) is 2.72. The summed E-state index contributed by atoms with van der Waals surface area (Å²) in [5.41, 5.74) is 1.02. The zero-order valence-electron chi connectivity index (χ0n) is 12.8. The highest BCUT2D eigenvalue weighted by Gasteiger charge is 2.47. The van der Waals surface area contributed by atoms with Crippen LogP contribution in [0.1, 0.15) is 12.0 Å². The summed E-state index contributed by atoms with van der Waals surface area (Å²) in [6.45, 7) is 0.116. The summed E-state index contributed by atoms with van der Waals surface area (Å²) in [6.07, 6.45) is 0.496. The summed E-state index contributed by atoms with van der Waals surface area (Å²) in [7, 11) is 0. The van der Waals surface area contributed by atoms with Crippen molar-refractivity contribution >= 4 is 29.1 Å². The van der Waals surface area contributed by atoms with E-state index in [9.17, 15) is 14.0 Å². The van der Waals surface area contributed by atoms with Crippen molar-refractivity contribution in [1.29, 1.82) is 0 Å². The van der Waals surface area contributed by atoms with Crippen LogP contribution in [0.4, 0.5) is 10.1 Å². The summed E-state index contributed by atoms with van der Waals surface area (Å²) in [5, 5.41) is 5.96. The van der Waals surface area contributed by atoms with Crippen molar-refractivity contribution in [2.24, 2.45) is 11.8 Å². The molecule has 2 amide bonds. The molecular weight excluding hydrogens is 331 g/mol. The first-order valence-corrected chi connectivity index (χ1v) is 8.00. The number of hydrogen-bond acceptors (Lipinski definition) is 2. The number of amides is 2. The van der Waals surface area contributed by atoms with Crippen molar-refractivity contribution in [2.75, 3.05) is 5.32 Å². The molecule has 0 aromatic heterocycles. The summed E-state index contributed by atoms with van der Waals surface area (Å²) in [4.78, 5) is 24.2. The van der Waals surface area contributed by atoms with Gasteiger partial charge in [-0.25, -0.2) is 4.39 Å². The minimum absolute atomic E-state index is 0.116. The maximum absolute atomic E-state index is 13.5. The molecule has 2 unspecified atom stereocenters. The topological polar surface area (TPSA) is 58.2 Å². The van der Waals surface area contributed by atoms with Crippen molar-refractivity contribution in [2.45, 2.75) is 13.0 Å². The first-order chi connectivity index (χ1) is 11.5. The van der Waals surface area contributed by atoms with Gasteiger partial charge in [0.15, 0.2) is 0 Å².